The number of carbonyl (C=O) groups excluding carboxylic acids is 2. The van der Waals surface area contributed by atoms with Crippen molar-refractivity contribution < 1.29 is 18.4 Å². The number of para-hydroxylation sites is 1. The van der Waals surface area contributed by atoms with Gasteiger partial charge < -0.3 is 10.2 Å². The molecule has 0 atom stereocenters. The van der Waals surface area contributed by atoms with E-state index in [0.29, 0.717) is 0 Å². The van der Waals surface area contributed by atoms with Crippen molar-refractivity contribution in [3.8, 4) is 0 Å². The Balaban J connectivity index is 2.84. The van der Waals surface area contributed by atoms with Crippen molar-refractivity contribution in [1.82, 2.24) is 4.90 Å². The third-order valence-electron chi connectivity index (χ3n) is 2.72. The van der Waals surface area contributed by atoms with E-state index in [1.807, 2.05) is 0 Å². The fourth-order valence-electron chi connectivity index (χ4n) is 1.76. The van der Waals surface area contributed by atoms with Crippen LogP contribution in [-0.2, 0) is 9.59 Å². The van der Waals surface area contributed by atoms with Crippen LogP contribution < -0.4 is 5.32 Å². The van der Waals surface area contributed by atoms with Crippen LogP contribution in [0.5, 0.6) is 0 Å². The number of hydrogen-bond acceptors (Lipinski definition) is 2. The third-order valence-corrected chi connectivity index (χ3v) is 2.72. The first-order chi connectivity index (χ1) is 9.12. The molecule has 4 nitrogen and oxygen atoms in total. The quantitative estimate of drug-likeness (QED) is 0.927. The number of amides is 2. The summed E-state index contributed by atoms with van der Waals surface area (Å²) in [5, 5.41) is 2.15. The maximum atomic E-state index is 13.4. The Morgan fingerprint density at radius 1 is 1.20 bits per heavy atom. The zero-order valence-corrected chi connectivity index (χ0v) is 12.0. The van der Waals surface area contributed by atoms with Crippen LogP contribution in [0, 0.1) is 11.6 Å². The summed E-state index contributed by atoms with van der Waals surface area (Å²) in [5.41, 5.74) is -1.06. The van der Waals surface area contributed by atoms with Crippen LogP contribution in [0.3, 0.4) is 0 Å². The summed E-state index contributed by atoms with van der Waals surface area (Å²) < 4.78 is 26.8. The lowest BCUT2D eigenvalue weighted by molar-refractivity contribution is -0.137. The number of nitrogens with zero attached hydrogens (tertiary/aromatic N) is 1. The van der Waals surface area contributed by atoms with Gasteiger partial charge in [0.15, 0.2) is 0 Å². The van der Waals surface area contributed by atoms with Crippen molar-refractivity contribution in [3.63, 3.8) is 0 Å². The molecule has 0 unspecified atom stereocenters. The van der Waals surface area contributed by atoms with Gasteiger partial charge in [0.2, 0.25) is 11.8 Å². The molecule has 20 heavy (non-hydrogen) atoms. The summed E-state index contributed by atoms with van der Waals surface area (Å²) >= 11 is 0. The lowest BCUT2D eigenvalue weighted by Crippen LogP contribution is -2.48. The van der Waals surface area contributed by atoms with Crippen LogP contribution in [0.15, 0.2) is 18.2 Å². The molecule has 1 aromatic rings. The van der Waals surface area contributed by atoms with Crippen LogP contribution in [0.25, 0.3) is 0 Å². The molecule has 0 radical (unpaired) electrons. The Morgan fingerprint density at radius 3 is 2.10 bits per heavy atom. The number of rotatable bonds is 3. The lowest BCUT2D eigenvalue weighted by Gasteiger charge is -2.34. The Morgan fingerprint density at radius 2 is 1.70 bits per heavy atom. The SMILES string of the molecule is CC(=O)N(CC(=O)Nc1c(F)cccc1F)C(C)(C)C. The second-order valence-electron chi connectivity index (χ2n) is 5.42. The fourth-order valence-corrected chi connectivity index (χ4v) is 1.76. The number of halogens is 2. The molecule has 0 saturated heterocycles. The second-order valence-corrected chi connectivity index (χ2v) is 5.42. The largest absolute Gasteiger partial charge is 0.329 e. The van der Waals surface area contributed by atoms with Crippen LogP contribution in [0.4, 0.5) is 14.5 Å². The minimum absolute atomic E-state index is 0.271. The highest BCUT2D eigenvalue weighted by molar-refractivity contribution is 5.94. The highest BCUT2D eigenvalue weighted by atomic mass is 19.1. The van der Waals surface area contributed by atoms with E-state index in [1.165, 1.54) is 17.9 Å². The number of benzene rings is 1. The topological polar surface area (TPSA) is 49.4 Å². The molecular weight excluding hydrogens is 266 g/mol. The maximum absolute atomic E-state index is 13.4. The minimum atomic E-state index is -0.858. The van der Waals surface area contributed by atoms with Gasteiger partial charge in [-0.2, -0.15) is 0 Å². The normalized spacial score (nSPS) is 11.1. The average Bonchev–Trinajstić information content (AvgIpc) is 2.29. The van der Waals surface area contributed by atoms with Gasteiger partial charge in [0.1, 0.15) is 23.9 Å². The summed E-state index contributed by atoms with van der Waals surface area (Å²) in [4.78, 5) is 24.7. The van der Waals surface area contributed by atoms with E-state index in [1.54, 1.807) is 20.8 Å². The van der Waals surface area contributed by atoms with Crippen LogP contribution >= 0.6 is 0 Å². The van der Waals surface area contributed by atoms with Crippen molar-refractivity contribution in [3.05, 3.63) is 29.8 Å². The summed E-state index contributed by atoms with van der Waals surface area (Å²) in [6.45, 7) is 6.37. The van der Waals surface area contributed by atoms with Gasteiger partial charge in [-0.25, -0.2) is 8.78 Å². The molecule has 110 valence electrons. The molecule has 6 heteroatoms. The van der Waals surface area contributed by atoms with E-state index in [4.69, 9.17) is 0 Å². The van der Waals surface area contributed by atoms with Crippen LogP contribution in [-0.4, -0.2) is 28.8 Å². The molecular formula is C14H18F2N2O2. The molecule has 2 amide bonds. The molecule has 0 spiro atoms. The predicted molar refractivity (Wildman–Crippen MR) is 72.1 cm³/mol. The molecule has 0 aliphatic heterocycles. The third kappa shape index (κ3) is 4.01. The Labute approximate surface area is 116 Å². The van der Waals surface area contributed by atoms with E-state index in [9.17, 15) is 18.4 Å². The Hall–Kier alpha value is -1.98. The second kappa shape index (κ2) is 5.98. The van der Waals surface area contributed by atoms with E-state index in [0.717, 1.165) is 12.1 Å². The maximum Gasteiger partial charge on any atom is 0.244 e. The van der Waals surface area contributed by atoms with Gasteiger partial charge in [-0.05, 0) is 32.9 Å². The van der Waals surface area contributed by atoms with Crippen molar-refractivity contribution >= 4 is 17.5 Å². The van der Waals surface area contributed by atoms with Crippen LogP contribution in [0.2, 0.25) is 0 Å². The lowest BCUT2D eigenvalue weighted by atomic mass is 10.1. The smallest absolute Gasteiger partial charge is 0.244 e. The summed E-state index contributed by atoms with van der Waals surface area (Å²) in [5.74, 6) is -2.66. The van der Waals surface area contributed by atoms with Crippen LogP contribution in [0.1, 0.15) is 27.7 Å². The number of hydrogen-bond donors (Lipinski definition) is 1. The molecule has 0 saturated carbocycles. The first-order valence-corrected chi connectivity index (χ1v) is 6.15. The zero-order valence-electron chi connectivity index (χ0n) is 12.0. The van der Waals surface area contributed by atoms with Gasteiger partial charge in [0.25, 0.3) is 0 Å². The molecule has 0 aliphatic rings. The van der Waals surface area contributed by atoms with Crippen molar-refractivity contribution in [2.75, 3.05) is 11.9 Å². The summed E-state index contributed by atoms with van der Waals surface area (Å²) in [7, 11) is 0. The molecule has 0 heterocycles. The van der Waals surface area contributed by atoms with Gasteiger partial charge >= 0.3 is 0 Å². The highest BCUT2D eigenvalue weighted by Crippen LogP contribution is 2.19. The summed E-state index contributed by atoms with van der Waals surface area (Å²) in [6.07, 6.45) is 0. The number of anilines is 1. The van der Waals surface area contributed by atoms with E-state index in [2.05, 4.69) is 5.32 Å². The standard InChI is InChI=1S/C14H18F2N2O2/c1-9(19)18(14(2,3)4)8-12(20)17-13-10(15)6-5-7-11(13)16/h5-7H,8H2,1-4H3,(H,17,20). The van der Waals surface area contributed by atoms with Gasteiger partial charge in [-0.1, -0.05) is 6.07 Å². The first kappa shape index (κ1) is 16.1. The number of carbonyl (C=O) groups is 2. The molecule has 1 N–H and O–H groups in total. The predicted octanol–water partition coefficient (Wildman–Crippen LogP) is 2.55. The zero-order chi connectivity index (χ0) is 15.5. The number of nitrogens with one attached hydrogen (secondary N) is 1. The Bertz CT molecular complexity index is 504. The van der Waals surface area contributed by atoms with E-state index in [-0.39, 0.29) is 12.5 Å². The molecule has 1 rings (SSSR count). The average molecular weight is 284 g/mol. The first-order valence-electron chi connectivity index (χ1n) is 6.15. The fraction of sp³-hybridized carbons (Fsp3) is 0.429. The van der Waals surface area contributed by atoms with Gasteiger partial charge in [0.05, 0.1) is 0 Å². The molecule has 0 aliphatic carbocycles. The van der Waals surface area contributed by atoms with Crippen molar-refractivity contribution in [1.29, 1.82) is 0 Å². The highest BCUT2D eigenvalue weighted by Gasteiger charge is 2.26. The van der Waals surface area contributed by atoms with E-state index >= 15 is 0 Å². The molecule has 0 aromatic heterocycles. The van der Waals surface area contributed by atoms with Gasteiger partial charge in [-0.3, -0.25) is 9.59 Å². The van der Waals surface area contributed by atoms with E-state index < -0.39 is 28.8 Å². The van der Waals surface area contributed by atoms with Crippen molar-refractivity contribution in [2.45, 2.75) is 33.2 Å². The van der Waals surface area contributed by atoms with Crippen molar-refractivity contribution in [2.24, 2.45) is 0 Å². The Kier molecular flexibility index (Phi) is 4.81. The molecule has 1 aromatic carbocycles. The van der Waals surface area contributed by atoms with Gasteiger partial charge in [-0.15, -0.1) is 0 Å². The monoisotopic (exact) mass is 284 g/mol. The molecule has 0 bridgehead atoms. The van der Waals surface area contributed by atoms with Gasteiger partial charge in [0, 0.05) is 12.5 Å². The molecule has 0 fully saturated rings. The summed E-state index contributed by atoms with van der Waals surface area (Å²) in [6, 6.07) is 3.30. The minimum Gasteiger partial charge on any atom is -0.329 e.